The SMILES string of the molecule is CN1CCC(O)(c2c(COc3ccc(Cl)cc3)n(C)c3ccccc23)CC1. The maximum atomic E-state index is 11.6. The highest BCUT2D eigenvalue weighted by Gasteiger charge is 2.38. The van der Waals surface area contributed by atoms with Crippen LogP contribution in [0.25, 0.3) is 10.9 Å². The van der Waals surface area contributed by atoms with Gasteiger partial charge in [0.05, 0.1) is 11.3 Å². The van der Waals surface area contributed by atoms with Crippen LogP contribution < -0.4 is 4.74 Å². The van der Waals surface area contributed by atoms with Gasteiger partial charge in [-0.3, -0.25) is 0 Å². The lowest BCUT2D eigenvalue weighted by atomic mass is 9.83. The van der Waals surface area contributed by atoms with E-state index in [1.54, 1.807) is 0 Å². The summed E-state index contributed by atoms with van der Waals surface area (Å²) in [6, 6.07) is 15.7. The van der Waals surface area contributed by atoms with Gasteiger partial charge < -0.3 is 19.3 Å². The summed E-state index contributed by atoms with van der Waals surface area (Å²) < 4.78 is 8.20. The molecule has 1 saturated heterocycles. The predicted molar refractivity (Wildman–Crippen MR) is 109 cm³/mol. The van der Waals surface area contributed by atoms with Gasteiger partial charge in [0.1, 0.15) is 12.4 Å². The Labute approximate surface area is 164 Å². The van der Waals surface area contributed by atoms with Gasteiger partial charge in [-0.1, -0.05) is 29.8 Å². The summed E-state index contributed by atoms with van der Waals surface area (Å²) in [4.78, 5) is 2.27. The number of benzene rings is 2. The lowest BCUT2D eigenvalue weighted by Gasteiger charge is -2.37. The van der Waals surface area contributed by atoms with E-state index in [0.717, 1.165) is 53.8 Å². The van der Waals surface area contributed by atoms with Gasteiger partial charge in [0.15, 0.2) is 0 Å². The zero-order valence-corrected chi connectivity index (χ0v) is 16.5. The van der Waals surface area contributed by atoms with Crippen molar-refractivity contribution >= 4 is 22.5 Å². The smallest absolute Gasteiger partial charge is 0.129 e. The van der Waals surface area contributed by atoms with Crippen LogP contribution >= 0.6 is 11.6 Å². The molecular weight excluding hydrogens is 360 g/mol. The maximum absolute atomic E-state index is 11.6. The van der Waals surface area contributed by atoms with E-state index >= 15 is 0 Å². The molecule has 27 heavy (non-hydrogen) atoms. The molecule has 1 aromatic heterocycles. The number of hydrogen-bond donors (Lipinski definition) is 1. The summed E-state index contributed by atoms with van der Waals surface area (Å²) in [6.45, 7) is 2.18. The van der Waals surface area contributed by atoms with Crippen molar-refractivity contribution in [3.63, 3.8) is 0 Å². The molecule has 2 aromatic carbocycles. The molecule has 142 valence electrons. The number of aliphatic hydroxyl groups is 1. The number of likely N-dealkylation sites (tertiary alicyclic amines) is 1. The fourth-order valence-electron chi connectivity index (χ4n) is 4.06. The standard InChI is InChI=1S/C22H25ClN2O2/c1-24-13-11-22(26,12-14-24)21-18-5-3-4-6-19(18)25(2)20(21)15-27-17-9-7-16(23)8-10-17/h3-10,26H,11-15H2,1-2H3. The van der Waals surface area contributed by atoms with Crippen molar-refractivity contribution < 1.29 is 9.84 Å². The Morgan fingerprint density at radius 2 is 1.70 bits per heavy atom. The minimum absolute atomic E-state index is 0.403. The third-order valence-corrected chi connectivity index (χ3v) is 5.95. The van der Waals surface area contributed by atoms with Crippen LogP contribution in [-0.4, -0.2) is 34.7 Å². The van der Waals surface area contributed by atoms with Crippen LogP contribution in [0.1, 0.15) is 24.1 Å². The molecule has 0 radical (unpaired) electrons. The van der Waals surface area contributed by atoms with E-state index in [0.29, 0.717) is 11.6 Å². The molecule has 4 rings (SSSR count). The molecule has 4 nitrogen and oxygen atoms in total. The Hall–Kier alpha value is -2.01. The van der Waals surface area contributed by atoms with Gasteiger partial charge in [-0.05, 0) is 50.2 Å². The van der Waals surface area contributed by atoms with Gasteiger partial charge in [-0.15, -0.1) is 0 Å². The second-order valence-electron chi connectivity index (χ2n) is 7.48. The van der Waals surface area contributed by atoms with Gasteiger partial charge in [-0.25, -0.2) is 0 Å². The van der Waals surface area contributed by atoms with Gasteiger partial charge in [0.25, 0.3) is 0 Å². The van der Waals surface area contributed by atoms with E-state index in [4.69, 9.17) is 16.3 Å². The molecule has 1 N–H and O–H groups in total. The molecular formula is C22H25ClN2O2. The van der Waals surface area contributed by atoms with Crippen LogP contribution in [0, 0.1) is 0 Å². The van der Waals surface area contributed by atoms with Crippen molar-refractivity contribution in [2.24, 2.45) is 7.05 Å². The van der Waals surface area contributed by atoms with Crippen LogP contribution in [0.2, 0.25) is 5.02 Å². The number of ether oxygens (including phenoxy) is 1. The molecule has 0 unspecified atom stereocenters. The molecule has 0 bridgehead atoms. The van der Waals surface area contributed by atoms with Crippen LogP contribution in [0.3, 0.4) is 0 Å². The first-order chi connectivity index (χ1) is 13.0. The van der Waals surface area contributed by atoms with Crippen molar-refractivity contribution in [1.82, 2.24) is 9.47 Å². The molecule has 5 heteroatoms. The van der Waals surface area contributed by atoms with Crippen molar-refractivity contribution in [1.29, 1.82) is 0 Å². The van der Waals surface area contributed by atoms with E-state index in [1.807, 2.05) is 43.4 Å². The third kappa shape index (κ3) is 3.45. The summed E-state index contributed by atoms with van der Waals surface area (Å²) in [7, 11) is 4.15. The number of aryl methyl sites for hydroxylation is 1. The minimum atomic E-state index is -0.827. The predicted octanol–water partition coefficient (Wildman–Crippen LogP) is 4.32. The minimum Gasteiger partial charge on any atom is -0.487 e. The largest absolute Gasteiger partial charge is 0.487 e. The monoisotopic (exact) mass is 384 g/mol. The van der Waals surface area contributed by atoms with Crippen LogP contribution in [0.15, 0.2) is 48.5 Å². The molecule has 0 aliphatic carbocycles. The van der Waals surface area contributed by atoms with E-state index in [2.05, 4.69) is 28.6 Å². The van der Waals surface area contributed by atoms with Crippen molar-refractivity contribution in [3.05, 3.63) is 64.8 Å². The number of fused-ring (bicyclic) bond motifs is 1. The summed E-state index contributed by atoms with van der Waals surface area (Å²) in [6.07, 6.45) is 1.46. The maximum Gasteiger partial charge on any atom is 0.129 e. The normalized spacial score (nSPS) is 17.3. The number of para-hydroxylation sites is 1. The summed E-state index contributed by atoms with van der Waals surface area (Å²) in [5.74, 6) is 0.769. The summed E-state index contributed by atoms with van der Waals surface area (Å²) in [5.41, 5.74) is 2.34. The zero-order chi connectivity index (χ0) is 19.0. The first-order valence-electron chi connectivity index (χ1n) is 9.34. The number of aromatic nitrogens is 1. The van der Waals surface area contributed by atoms with Crippen LogP contribution in [-0.2, 0) is 19.3 Å². The van der Waals surface area contributed by atoms with Gasteiger partial charge >= 0.3 is 0 Å². The summed E-state index contributed by atoms with van der Waals surface area (Å²) >= 11 is 5.97. The zero-order valence-electron chi connectivity index (χ0n) is 15.8. The van der Waals surface area contributed by atoms with E-state index in [9.17, 15) is 5.11 Å². The van der Waals surface area contributed by atoms with Gasteiger partial charge in [-0.2, -0.15) is 0 Å². The first-order valence-corrected chi connectivity index (χ1v) is 9.72. The first kappa shape index (κ1) is 18.4. The lowest BCUT2D eigenvalue weighted by molar-refractivity contribution is -0.0205. The van der Waals surface area contributed by atoms with Crippen molar-refractivity contribution in [2.45, 2.75) is 25.0 Å². The topological polar surface area (TPSA) is 37.6 Å². The highest BCUT2D eigenvalue weighted by molar-refractivity contribution is 6.30. The molecule has 2 heterocycles. The second kappa shape index (κ2) is 7.19. The molecule has 0 spiro atoms. The molecule has 0 amide bonds. The number of halogens is 1. The fourth-order valence-corrected chi connectivity index (χ4v) is 4.18. The van der Waals surface area contributed by atoms with E-state index < -0.39 is 5.60 Å². The molecule has 0 saturated carbocycles. The van der Waals surface area contributed by atoms with Gasteiger partial charge in [0, 0.05) is 41.6 Å². The van der Waals surface area contributed by atoms with E-state index in [1.165, 1.54) is 0 Å². The van der Waals surface area contributed by atoms with E-state index in [-0.39, 0.29) is 0 Å². The average Bonchev–Trinajstić information content (AvgIpc) is 2.97. The molecule has 1 aliphatic rings. The molecule has 3 aromatic rings. The number of nitrogens with zero attached hydrogens (tertiary/aromatic N) is 2. The highest BCUT2D eigenvalue weighted by Crippen LogP contribution is 2.40. The lowest BCUT2D eigenvalue weighted by Crippen LogP contribution is -2.41. The molecule has 0 atom stereocenters. The Morgan fingerprint density at radius 1 is 1.04 bits per heavy atom. The van der Waals surface area contributed by atoms with Crippen LogP contribution in [0.5, 0.6) is 5.75 Å². The fraction of sp³-hybridized carbons (Fsp3) is 0.364. The van der Waals surface area contributed by atoms with Gasteiger partial charge in [0.2, 0.25) is 0 Å². The molecule has 1 fully saturated rings. The average molecular weight is 385 g/mol. The van der Waals surface area contributed by atoms with Crippen molar-refractivity contribution in [2.75, 3.05) is 20.1 Å². The number of rotatable bonds is 4. The van der Waals surface area contributed by atoms with Crippen LogP contribution in [0.4, 0.5) is 0 Å². The van der Waals surface area contributed by atoms with Crippen molar-refractivity contribution in [3.8, 4) is 5.75 Å². The highest BCUT2D eigenvalue weighted by atomic mass is 35.5. The number of piperidine rings is 1. The summed E-state index contributed by atoms with van der Waals surface area (Å²) in [5, 5.41) is 13.4. The Bertz CT molecular complexity index is 941. The second-order valence-corrected chi connectivity index (χ2v) is 7.91. The molecule has 1 aliphatic heterocycles. The Kier molecular flexibility index (Phi) is 4.89. The Morgan fingerprint density at radius 3 is 2.41 bits per heavy atom. The number of hydrogen-bond acceptors (Lipinski definition) is 3. The third-order valence-electron chi connectivity index (χ3n) is 5.70. The quantitative estimate of drug-likeness (QED) is 0.727. The Balaban J connectivity index is 1.74.